The van der Waals surface area contributed by atoms with E-state index in [1.54, 1.807) is 23.5 Å². The number of aryl methyl sites for hydroxylation is 1. The molecule has 0 aliphatic carbocycles. The lowest BCUT2D eigenvalue weighted by molar-refractivity contribution is 0.0699. The van der Waals surface area contributed by atoms with Gasteiger partial charge in [0.25, 0.3) is 0 Å². The summed E-state index contributed by atoms with van der Waals surface area (Å²) in [5.74, 6) is -0.939. The lowest BCUT2D eigenvalue weighted by atomic mass is 10.0. The largest absolute Gasteiger partial charge is 0.478 e. The average Bonchev–Trinajstić information content (AvgIpc) is 2.91. The number of hydrogen-bond donors (Lipinski definition) is 1. The van der Waals surface area contributed by atoms with E-state index in [9.17, 15) is 9.90 Å². The van der Waals surface area contributed by atoms with Crippen LogP contribution in [0.15, 0.2) is 39.5 Å². The van der Waals surface area contributed by atoms with E-state index in [-0.39, 0.29) is 5.56 Å². The molecule has 20 heavy (non-hydrogen) atoms. The van der Waals surface area contributed by atoms with Gasteiger partial charge in [-0.2, -0.15) is 11.3 Å². The summed E-state index contributed by atoms with van der Waals surface area (Å²) in [5.41, 5.74) is 3.60. The molecule has 0 fully saturated rings. The molecule has 2 aromatic heterocycles. The zero-order valence-electron chi connectivity index (χ0n) is 10.6. The molecule has 0 amide bonds. The topological polar surface area (TPSA) is 50.2 Å². The molecule has 0 aliphatic rings. The molecule has 5 heteroatoms. The maximum Gasteiger partial charge on any atom is 0.336 e. The van der Waals surface area contributed by atoms with Crippen LogP contribution < -0.4 is 0 Å². The van der Waals surface area contributed by atoms with E-state index in [0.717, 1.165) is 21.1 Å². The number of hydrogen-bond acceptors (Lipinski definition) is 3. The Bertz CT molecular complexity index is 812. The van der Waals surface area contributed by atoms with Gasteiger partial charge in [0, 0.05) is 20.8 Å². The number of aromatic nitrogens is 1. The van der Waals surface area contributed by atoms with Gasteiger partial charge in [-0.3, -0.25) is 0 Å². The van der Waals surface area contributed by atoms with E-state index in [2.05, 4.69) is 20.9 Å². The third-order valence-electron chi connectivity index (χ3n) is 3.12. The van der Waals surface area contributed by atoms with E-state index in [1.165, 1.54) is 0 Å². The lowest BCUT2D eigenvalue weighted by Gasteiger charge is -2.09. The van der Waals surface area contributed by atoms with E-state index in [0.29, 0.717) is 11.1 Å². The number of benzene rings is 1. The average molecular weight is 348 g/mol. The predicted molar refractivity (Wildman–Crippen MR) is 84.5 cm³/mol. The Morgan fingerprint density at radius 2 is 2.15 bits per heavy atom. The van der Waals surface area contributed by atoms with E-state index >= 15 is 0 Å². The second kappa shape index (κ2) is 5.00. The Kier molecular flexibility index (Phi) is 3.31. The van der Waals surface area contributed by atoms with Gasteiger partial charge in [-0.05, 0) is 42.1 Å². The number of nitrogens with zero attached hydrogens (tertiary/aromatic N) is 1. The van der Waals surface area contributed by atoms with Crippen LogP contribution in [0.25, 0.3) is 22.2 Å². The van der Waals surface area contributed by atoms with Gasteiger partial charge in [-0.15, -0.1) is 0 Å². The zero-order chi connectivity index (χ0) is 14.3. The number of pyridine rings is 1. The first-order valence-electron chi connectivity index (χ1n) is 5.93. The van der Waals surface area contributed by atoms with E-state index < -0.39 is 5.97 Å². The summed E-state index contributed by atoms with van der Waals surface area (Å²) in [4.78, 5) is 16.1. The first-order chi connectivity index (χ1) is 9.56. The van der Waals surface area contributed by atoms with Gasteiger partial charge < -0.3 is 5.11 Å². The monoisotopic (exact) mass is 347 g/mol. The van der Waals surface area contributed by atoms with Crippen molar-refractivity contribution < 1.29 is 9.90 Å². The quantitative estimate of drug-likeness (QED) is 0.728. The zero-order valence-corrected chi connectivity index (χ0v) is 13.0. The summed E-state index contributed by atoms with van der Waals surface area (Å²) in [7, 11) is 0. The highest BCUT2D eigenvalue weighted by molar-refractivity contribution is 9.10. The molecule has 0 unspecified atom stereocenters. The molecule has 0 spiro atoms. The Hall–Kier alpha value is -1.72. The van der Waals surface area contributed by atoms with Crippen LogP contribution in [0.1, 0.15) is 15.9 Å². The van der Waals surface area contributed by atoms with Crippen molar-refractivity contribution in [2.24, 2.45) is 0 Å². The fourth-order valence-corrected chi connectivity index (χ4v) is 3.41. The minimum absolute atomic E-state index is 0.278. The summed E-state index contributed by atoms with van der Waals surface area (Å²) in [6.07, 6.45) is 0. The third-order valence-corrected chi connectivity index (χ3v) is 4.26. The molecule has 0 radical (unpaired) electrons. The summed E-state index contributed by atoms with van der Waals surface area (Å²) >= 11 is 4.97. The molecule has 0 saturated heterocycles. The SMILES string of the molecule is Cc1cc(Br)cc2c(C(=O)O)cc(-c3ccsc3)nc12. The number of carbonyl (C=O) groups is 1. The normalized spacial score (nSPS) is 10.9. The van der Waals surface area contributed by atoms with Gasteiger partial charge in [-0.25, -0.2) is 9.78 Å². The van der Waals surface area contributed by atoms with Crippen molar-refractivity contribution in [1.82, 2.24) is 4.98 Å². The van der Waals surface area contributed by atoms with Crippen LogP contribution in [0.5, 0.6) is 0 Å². The van der Waals surface area contributed by atoms with Gasteiger partial charge in [0.15, 0.2) is 0 Å². The van der Waals surface area contributed by atoms with Crippen LogP contribution in [-0.4, -0.2) is 16.1 Å². The Morgan fingerprint density at radius 3 is 2.80 bits per heavy atom. The number of carboxylic acid groups (broad SMARTS) is 1. The minimum atomic E-state index is -0.939. The summed E-state index contributed by atoms with van der Waals surface area (Å²) in [5, 5.41) is 14.0. The second-order valence-corrected chi connectivity index (χ2v) is 6.19. The first kappa shape index (κ1) is 13.3. The number of thiophene rings is 1. The highest BCUT2D eigenvalue weighted by atomic mass is 79.9. The van der Waals surface area contributed by atoms with Crippen molar-refractivity contribution in [2.75, 3.05) is 0 Å². The lowest BCUT2D eigenvalue weighted by Crippen LogP contribution is -2.01. The number of aromatic carboxylic acids is 1. The maximum absolute atomic E-state index is 11.5. The molecule has 0 aliphatic heterocycles. The standard InChI is InChI=1S/C15H10BrNO2S/c1-8-4-10(16)5-11-12(15(18)19)6-13(17-14(8)11)9-2-3-20-7-9/h2-7H,1H3,(H,18,19). The molecule has 2 heterocycles. The molecule has 0 atom stereocenters. The number of carboxylic acids is 1. The van der Waals surface area contributed by atoms with Crippen LogP contribution in [0.3, 0.4) is 0 Å². The Morgan fingerprint density at radius 1 is 1.35 bits per heavy atom. The Balaban J connectivity index is 2.40. The summed E-state index contributed by atoms with van der Waals surface area (Å²) in [6.45, 7) is 1.93. The molecule has 0 saturated carbocycles. The number of halogens is 1. The van der Waals surface area contributed by atoms with Crippen molar-refractivity contribution in [3.05, 3.63) is 50.6 Å². The van der Waals surface area contributed by atoms with Crippen molar-refractivity contribution in [1.29, 1.82) is 0 Å². The predicted octanol–water partition coefficient (Wildman–Crippen LogP) is 4.73. The summed E-state index contributed by atoms with van der Waals surface area (Å²) < 4.78 is 0.857. The van der Waals surface area contributed by atoms with E-state index in [1.807, 2.05) is 29.8 Å². The second-order valence-electron chi connectivity index (χ2n) is 4.49. The van der Waals surface area contributed by atoms with Crippen molar-refractivity contribution in [3.8, 4) is 11.3 Å². The number of fused-ring (bicyclic) bond motifs is 1. The van der Waals surface area contributed by atoms with Gasteiger partial charge in [0.2, 0.25) is 0 Å². The molecule has 100 valence electrons. The van der Waals surface area contributed by atoms with Crippen LogP contribution in [0, 0.1) is 6.92 Å². The minimum Gasteiger partial charge on any atom is -0.478 e. The molecule has 1 aromatic carbocycles. The molecule has 3 rings (SSSR count). The molecule has 0 bridgehead atoms. The molecule has 3 nitrogen and oxygen atoms in total. The molecular formula is C15H10BrNO2S. The fourth-order valence-electron chi connectivity index (χ4n) is 2.19. The highest BCUT2D eigenvalue weighted by Gasteiger charge is 2.15. The smallest absolute Gasteiger partial charge is 0.336 e. The van der Waals surface area contributed by atoms with Crippen LogP contribution in [0.4, 0.5) is 0 Å². The van der Waals surface area contributed by atoms with Gasteiger partial charge >= 0.3 is 5.97 Å². The Labute approximate surface area is 128 Å². The van der Waals surface area contributed by atoms with Crippen LogP contribution in [-0.2, 0) is 0 Å². The molecule has 3 aromatic rings. The van der Waals surface area contributed by atoms with Crippen LogP contribution in [0.2, 0.25) is 0 Å². The van der Waals surface area contributed by atoms with Gasteiger partial charge in [0.05, 0.1) is 16.8 Å². The van der Waals surface area contributed by atoms with Crippen molar-refractivity contribution in [2.45, 2.75) is 6.92 Å². The van der Waals surface area contributed by atoms with Gasteiger partial charge in [0.1, 0.15) is 0 Å². The molecule has 1 N–H and O–H groups in total. The van der Waals surface area contributed by atoms with Gasteiger partial charge in [-0.1, -0.05) is 15.9 Å². The maximum atomic E-state index is 11.5. The van der Waals surface area contributed by atoms with E-state index in [4.69, 9.17) is 0 Å². The number of rotatable bonds is 2. The third kappa shape index (κ3) is 2.23. The van der Waals surface area contributed by atoms with Crippen LogP contribution >= 0.6 is 27.3 Å². The molecular weight excluding hydrogens is 338 g/mol. The summed E-state index contributed by atoms with van der Waals surface area (Å²) in [6, 6.07) is 7.33. The first-order valence-corrected chi connectivity index (χ1v) is 7.66. The highest BCUT2D eigenvalue weighted by Crippen LogP contribution is 2.30. The van der Waals surface area contributed by atoms with Crippen molar-refractivity contribution in [3.63, 3.8) is 0 Å². The van der Waals surface area contributed by atoms with Crippen molar-refractivity contribution >= 4 is 44.1 Å². The fraction of sp³-hybridized carbons (Fsp3) is 0.0667.